The second-order valence-electron chi connectivity index (χ2n) is 7.26. The highest BCUT2D eigenvalue weighted by molar-refractivity contribution is 5.89. The van der Waals surface area contributed by atoms with Gasteiger partial charge in [-0.3, -0.25) is 5.10 Å². The van der Waals surface area contributed by atoms with Gasteiger partial charge in [-0.2, -0.15) is 5.10 Å². The molecule has 1 aromatic rings. The highest BCUT2D eigenvalue weighted by Gasteiger charge is 2.53. The maximum Gasteiger partial charge on any atom is 0.410 e. The Kier molecular flexibility index (Phi) is 3.61. The summed E-state index contributed by atoms with van der Waals surface area (Å²) in [5.74, 6) is -0.452. The Balaban J connectivity index is 1.88. The lowest BCUT2D eigenvalue weighted by Crippen LogP contribution is -2.44. The molecule has 1 fully saturated rings. The molecule has 126 valence electrons. The van der Waals surface area contributed by atoms with Crippen molar-refractivity contribution in [2.45, 2.75) is 58.1 Å². The fourth-order valence-corrected chi connectivity index (χ4v) is 3.03. The van der Waals surface area contributed by atoms with E-state index in [1.807, 2.05) is 20.8 Å². The average Bonchev–Trinajstić information content (AvgIpc) is 3.05. The van der Waals surface area contributed by atoms with Crippen molar-refractivity contribution in [1.82, 2.24) is 15.1 Å². The lowest BCUT2D eigenvalue weighted by Gasteiger charge is -2.34. The summed E-state index contributed by atoms with van der Waals surface area (Å²) in [5, 5.41) is 7.14. The molecule has 1 aliphatic carbocycles. The molecule has 1 saturated carbocycles. The van der Waals surface area contributed by atoms with Crippen LogP contribution in [0.3, 0.4) is 0 Å². The van der Waals surface area contributed by atoms with Crippen LogP contribution in [-0.4, -0.2) is 45.9 Å². The van der Waals surface area contributed by atoms with Gasteiger partial charge in [0.25, 0.3) is 0 Å². The van der Waals surface area contributed by atoms with Gasteiger partial charge >= 0.3 is 12.1 Å². The first-order valence-electron chi connectivity index (χ1n) is 7.98. The number of ether oxygens (including phenoxy) is 2. The second-order valence-corrected chi connectivity index (χ2v) is 7.26. The fourth-order valence-electron chi connectivity index (χ4n) is 3.03. The lowest BCUT2D eigenvalue weighted by atomic mass is 9.92. The van der Waals surface area contributed by atoms with Gasteiger partial charge in [-0.15, -0.1) is 0 Å². The molecule has 7 nitrogen and oxygen atoms in total. The van der Waals surface area contributed by atoms with Gasteiger partial charge in [0.15, 0.2) is 5.69 Å². The van der Waals surface area contributed by atoms with Crippen LogP contribution < -0.4 is 0 Å². The van der Waals surface area contributed by atoms with E-state index in [1.54, 1.807) is 11.8 Å². The number of nitrogens with zero attached hydrogens (tertiary/aromatic N) is 2. The molecule has 1 aliphatic heterocycles. The van der Waals surface area contributed by atoms with E-state index >= 15 is 0 Å². The van der Waals surface area contributed by atoms with Crippen LogP contribution in [0.25, 0.3) is 0 Å². The number of hydrogen-bond acceptors (Lipinski definition) is 5. The molecule has 0 unspecified atom stereocenters. The summed E-state index contributed by atoms with van der Waals surface area (Å²) in [6.07, 6.45) is 1.60. The van der Waals surface area contributed by atoms with Crippen LogP contribution in [0.1, 0.15) is 62.3 Å². The monoisotopic (exact) mass is 321 g/mol. The summed E-state index contributed by atoms with van der Waals surface area (Å²) < 4.78 is 10.5. The molecule has 0 aromatic carbocycles. The smallest absolute Gasteiger partial charge is 0.410 e. The standard InChI is InChI=1S/C16H23N3O4/c1-5-22-13(20)11-10-8-19(14(21)23-15(2,3)4)9-16(6-7-16)12(10)18-17-11/h5-9H2,1-4H3,(H,17,18). The zero-order valence-corrected chi connectivity index (χ0v) is 14.1. The van der Waals surface area contributed by atoms with Crippen LogP contribution in [-0.2, 0) is 21.4 Å². The molecular formula is C16H23N3O4. The zero-order valence-electron chi connectivity index (χ0n) is 14.1. The van der Waals surface area contributed by atoms with Crippen LogP contribution in [0.4, 0.5) is 4.79 Å². The van der Waals surface area contributed by atoms with Crippen molar-refractivity contribution in [3.05, 3.63) is 17.0 Å². The van der Waals surface area contributed by atoms with Crippen LogP contribution in [0, 0.1) is 0 Å². The number of carbonyl (C=O) groups is 2. The molecule has 3 rings (SSSR count). The van der Waals surface area contributed by atoms with Crippen molar-refractivity contribution in [2.75, 3.05) is 13.2 Å². The Morgan fingerprint density at radius 3 is 2.61 bits per heavy atom. The Labute approximate surface area is 135 Å². The third-order valence-electron chi connectivity index (χ3n) is 4.21. The number of fused-ring (bicyclic) bond motifs is 2. The van der Waals surface area contributed by atoms with Crippen molar-refractivity contribution in [3.8, 4) is 0 Å². The van der Waals surface area contributed by atoms with Gasteiger partial charge in [-0.1, -0.05) is 0 Å². The number of nitrogens with one attached hydrogen (secondary N) is 1. The van der Waals surface area contributed by atoms with E-state index in [0.29, 0.717) is 19.7 Å². The molecule has 1 N–H and O–H groups in total. The first-order valence-corrected chi connectivity index (χ1v) is 7.98. The fraction of sp³-hybridized carbons (Fsp3) is 0.688. The molecule has 1 spiro atoms. The predicted octanol–water partition coefficient (Wildman–Crippen LogP) is 2.37. The van der Waals surface area contributed by atoms with E-state index < -0.39 is 11.6 Å². The van der Waals surface area contributed by atoms with E-state index in [2.05, 4.69) is 10.2 Å². The molecule has 2 heterocycles. The minimum Gasteiger partial charge on any atom is -0.461 e. The number of aromatic nitrogens is 2. The molecule has 1 aromatic heterocycles. The summed E-state index contributed by atoms with van der Waals surface area (Å²) in [6, 6.07) is 0. The van der Waals surface area contributed by atoms with Crippen molar-refractivity contribution in [3.63, 3.8) is 0 Å². The third-order valence-corrected chi connectivity index (χ3v) is 4.21. The van der Waals surface area contributed by atoms with E-state index in [4.69, 9.17) is 9.47 Å². The van der Waals surface area contributed by atoms with Gasteiger partial charge in [0, 0.05) is 23.2 Å². The van der Waals surface area contributed by atoms with Crippen LogP contribution in [0.5, 0.6) is 0 Å². The highest BCUT2D eigenvalue weighted by Crippen LogP contribution is 2.52. The molecule has 0 radical (unpaired) electrons. The molecule has 1 amide bonds. The summed E-state index contributed by atoms with van der Waals surface area (Å²) in [4.78, 5) is 26.2. The molecule has 0 atom stereocenters. The molecule has 7 heteroatoms. The van der Waals surface area contributed by atoms with Crippen molar-refractivity contribution >= 4 is 12.1 Å². The van der Waals surface area contributed by atoms with Gasteiger partial charge < -0.3 is 14.4 Å². The lowest BCUT2D eigenvalue weighted by molar-refractivity contribution is 0.0192. The minimum atomic E-state index is -0.547. The highest BCUT2D eigenvalue weighted by atomic mass is 16.6. The summed E-state index contributed by atoms with van der Waals surface area (Å²) >= 11 is 0. The maximum absolute atomic E-state index is 12.4. The van der Waals surface area contributed by atoms with E-state index in [-0.39, 0.29) is 17.2 Å². The zero-order chi connectivity index (χ0) is 16.8. The van der Waals surface area contributed by atoms with Crippen LogP contribution >= 0.6 is 0 Å². The predicted molar refractivity (Wildman–Crippen MR) is 82.1 cm³/mol. The maximum atomic E-state index is 12.4. The van der Waals surface area contributed by atoms with Gasteiger partial charge in [0.2, 0.25) is 0 Å². The molecule has 0 bridgehead atoms. The largest absolute Gasteiger partial charge is 0.461 e. The Morgan fingerprint density at radius 1 is 1.35 bits per heavy atom. The first kappa shape index (κ1) is 15.8. The topological polar surface area (TPSA) is 84.5 Å². The van der Waals surface area contributed by atoms with Gasteiger partial charge in [0.05, 0.1) is 13.2 Å². The van der Waals surface area contributed by atoms with Crippen molar-refractivity contribution in [2.24, 2.45) is 0 Å². The number of rotatable bonds is 2. The number of H-pyrrole nitrogens is 1. The van der Waals surface area contributed by atoms with Crippen LogP contribution in [0.15, 0.2) is 0 Å². The molecule has 0 saturated heterocycles. The van der Waals surface area contributed by atoms with Crippen LogP contribution in [0.2, 0.25) is 0 Å². The summed E-state index contributed by atoms with van der Waals surface area (Å²) in [6.45, 7) is 8.49. The molecule has 23 heavy (non-hydrogen) atoms. The normalized spacial score (nSPS) is 18.5. The first-order chi connectivity index (χ1) is 10.8. The van der Waals surface area contributed by atoms with E-state index in [1.165, 1.54) is 0 Å². The van der Waals surface area contributed by atoms with E-state index in [0.717, 1.165) is 24.1 Å². The number of hydrogen-bond donors (Lipinski definition) is 1. The summed E-state index contributed by atoms with van der Waals surface area (Å²) in [5.41, 5.74) is 1.36. The number of amides is 1. The second kappa shape index (κ2) is 5.25. The van der Waals surface area contributed by atoms with E-state index in [9.17, 15) is 9.59 Å². The van der Waals surface area contributed by atoms with Gasteiger partial charge in [-0.05, 0) is 40.5 Å². The molecule has 2 aliphatic rings. The Hall–Kier alpha value is -2.05. The molecular weight excluding hydrogens is 298 g/mol. The average molecular weight is 321 g/mol. The van der Waals surface area contributed by atoms with Crippen molar-refractivity contribution < 1.29 is 19.1 Å². The SMILES string of the molecule is CCOC(=O)c1n[nH]c2c1CN(C(=O)OC(C)(C)C)CC21CC1. The number of carbonyl (C=O) groups excluding carboxylic acids is 2. The Morgan fingerprint density at radius 2 is 2.04 bits per heavy atom. The minimum absolute atomic E-state index is 0.109. The quantitative estimate of drug-likeness (QED) is 0.845. The Bertz CT molecular complexity index is 640. The number of esters is 1. The van der Waals surface area contributed by atoms with Crippen molar-refractivity contribution in [1.29, 1.82) is 0 Å². The third kappa shape index (κ3) is 2.92. The number of aromatic amines is 1. The van der Waals surface area contributed by atoms with Gasteiger partial charge in [-0.25, -0.2) is 9.59 Å². The van der Waals surface area contributed by atoms with Gasteiger partial charge in [0.1, 0.15) is 5.60 Å². The summed E-state index contributed by atoms with van der Waals surface area (Å²) in [7, 11) is 0.